The van der Waals surface area contributed by atoms with Gasteiger partial charge >= 0.3 is 35.8 Å². The SMILES string of the molecule is C#CCOC1C(OC(C)=O)C(COC(C)=O)OC(SC2OC(COC(C)=O)C(OC(C)=O)C(OCC#C)C2OC(C)=O)C1OC(C)=O. The molecule has 0 saturated carbocycles. The van der Waals surface area contributed by atoms with Crippen LogP contribution in [0.1, 0.15) is 41.5 Å². The zero-order chi connectivity index (χ0) is 35.3. The van der Waals surface area contributed by atoms with Crippen molar-refractivity contribution in [3.8, 4) is 24.7 Å². The Balaban J connectivity index is 2.66. The molecule has 0 aromatic rings. The fraction of sp³-hybridized carbons (Fsp3) is 0.667. The van der Waals surface area contributed by atoms with Crippen molar-refractivity contribution in [3.05, 3.63) is 0 Å². The number of rotatable bonds is 14. The second-order valence-corrected chi connectivity index (χ2v) is 11.3. The first-order valence-corrected chi connectivity index (χ1v) is 15.1. The smallest absolute Gasteiger partial charge is 0.303 e. The Morgan fingerprint density at radius 1 is 0.532 bits per heavy atom. The van der Waals surface area contributed by atoms with Crippen LogP contribution in [0.4, 0.5) is 0 Å². The zero-order valence-corrected chi connectivity index (χ0v) is 27.5. The fourth-order valence-corrected chi connectivity index (χ4v) is 6.15. The maximum absolute atomic E-state index is 12.3. The van der Waals surface area contributed by atoms with Gasteiger partial charge in [-0.05, 0) is 0 Å². The maximum atomic E-state index is 12.3. The molecule has 2 fully saturated rings. The van der Waals surface area contributed by atoms with Crippen LogP contribution in [0.15, 0.2) is 0 Å². The summed E-state index contributed by atoms with van der Waals surface area (Å²) in [6.45, 7) is 5.32. The topological polar surface area (TPSA) is 195 Å². The van der Waals surface area contributed by atoms with Crippen molar-refractivity contribution < 1.29 is 76.1 Å². The molecular weight excluding hydrogens is 648 g/mol. The molecule has 2 aliphatic rings. The molecule has 10 unspecified atom stereocenters. The monoisotopic (exact) mass is 686 g/mol. The van der Waals surface area contributed by atoms with Gasteiger partial charge in [-0.1, -0.05) is 23.6 Å². The third kappa shape index (κ3) is 12.3. The summed E-state index contributed by atoms with van der Waals surface area (Å²) in [6.07, 6.45) is 0.669. The van der Waals surface area contributed by atoms with Crippen LogP contribution in [0.2, 0.25) is 0 Å². The first kappa shape index (κ1) is 39.3. The molecule has 0 aliphatic carbocycles. The molecule has 47 heavy (non-hydrogen) atoms. The first-order valence-electron chi connectivity index (χ1n) is 14.2. The number of hydrogen-bond donors (Lipinski definition) is 0. The van der Waals surface area contributed by atoms with Gasteiger partial charge in [-0.25, -0.2) is 0 Å². The number of esters is 6. The van der Waals surface area contributed by atoms with Crippen molar-refractivity contribution in [1.82, 2.24) is 0 Å². The molecular formula is C30H38O16S. The van der Waals surface area contributed by atoms with Crippen LogP contribution < -0.4 is 0 Å². The quantitative estimate of drug-likeness (QED) is 0.135. The molecule has 0 N–H and O–H groups in total. The molecule has 0 bridgehead atoms. The molecule has 2 saturated heterocycles. The lowest BCUT2D eigenvalue weighted by Gasteiger charge is -2.48. The maximum Gasteiger partial charge on any atom is 0.303 e. The van der Waals surface area contributed by atoms with E-state index in [4.69, 9.17) is 60.2 Å². The van der Waals surface area contributed by atoms with Crippen molar-refractivity contribution in [3.63, 3.8) is 0 Å². The lowest BCUT2D eigenvalue weighted by atomic mass is 9.99. The van der Waals surface area contributed by atoms with E-state index in [-0.39, 0.29) is 13.2 Å². The number of thioether (sulfide) groups is 1. The average molecular weight is 687 g/mol. The second kappa shape index (κ2) is 19.1. The first-order chi connectivity index (χ1) is 22.2. The minimum absolute atomic E-state index is 0.315. The van der Waals surface area contributed by atoms with Gasteiger partial charge in [0.25, 0.3) is 0 Å². The minimum atomic E-state index is -1.35. The van der Waals surface area contributed by atoms with Crippen LogP contribution in [0.5, 0.6) is 0 Å². The summed E-state index contributed by atoms with van der Waals surface area (Å²) in [5.74, 6) is 0.173. The lowest BCUT2D eigenvalue weighted by Crippen LogP contribution is -2.64. The van der Waals surface area contributed by atoms with Crippen LogP contribution >= 0.6 is 11.8 Å². The van der Waals surface area contributed by atoms with Gasteiger partial charge in [0, 0.05) is 41.5 Å². The lowest BCUT2D eigenvalue weighted by molar-refractivity contribution is -0.243. The van der Waals surface area contributed by atoms with Crippen molar-refractivity contribution in [2.24, 2.45) is 0 Å². The van der Waals surface area contributed by atoms with Crippen molar-refractivity contribution in [1.29, 1.82) is 0 Å². The molecule has 2 heterocycles. The average Bonchev–Trinajstić information content (AvgIpc) is 2.96. The van der Waals surface area contributed by atoms with E-state index in [1.165, 1.54) is 0 Å². The van der Waals surface area contributed by atoms with E-state index < -0.39 is 109 Å². The normalized spacial score (nSPS) is 30.0. The van der Waals surface area contributed by atoms with E-state index in [0.29, 0.717) is 0 Å². The number of hydrogen-bond acceptors (Lipinski definition) is 17. The summed E-state index contributed by atoms with van der Waals surface area (Å²) in [4.78, 5) is 72.3. The van der Waals surface area contributed by atoms with E-state index in [0.717, 1.165) is 53.3 Å². The predicted octanol–water partition coefficient (Wildman–Crippen LogP) is 0.0592. The highest BCUT2D eigenvalue weighted by atomic mass is 32.2. The van der Waals surface area contributed by atoms with Gasteiger partial charge in [-0.2, -0.15) is 0 Å². The van der Waals surface area contributed by atoms with Crippen LogP contribution in [0, 0.1) is 24.7 Å². The largest absolute Gasteiger partial charge is 0.463 e. The van der Waals surface area contributed by atoms with Crippen LogP contribution in [0.3, 0.4) is 0 Å². The number of terminal acetylenes is 2. The Kier molecular flexibility index (Phi) is 16.0. The van der Waals surface area contributed by atoms with Gasteiger partial charge in [0.1, 0.15) is 61.7 Å². The third-order valence-corrected chi connectivity index (χ3v) is 7.57. The molecule has 0 radical (unpaired) electrons. The summed E-state index contributed by atoms with van der Waals surface area (Å²) in [7, 11) is 0. The highest BCUT2D eigenvalue weighted by molar-refractivity contribution is 8.00. The van der Waals surface area contributed by atoms with Gasteiger partial charge in [0.2, 0.25) is 0 Å². The van der Waals surface area contributed by atoms with Gasteiger partial charge in [0.05, 0.1) is 0 Å². The number of ether oxygens (including phenoxy) is 10. The summed E-state index contributed by atoms with van der Waals surface area (Å²) in [5.41, 5.74) is -2.55. The van der Waals surface area contributed by atoms with Gasteiger partial charge < -0.3 is 47.4 Å². The Bertz CT molecular complexity index is 1130. The molecule has 0 spiro atoms. The molecule has 0 aromatic carbocycles. The molecule has 10 atom stereocenters. The molecule has 0 amide bonds. The van der Waals surface area contributed by atoms with Gasteiger partial charge in [-0.15, -0.1) is 12.8 Å². The highest BCUT2D eigenvalue weighted by Crippen LogP contribution is 2.41. The highest BCUT2D eigenvalue weighted by Gasteiger charge is 2.56. The van der Waals surface area contributed by atoms with Gasteiger partial charge in [0.15, 0.2) is 24.4 Å². The summed E-state index contributed by atoms with van der Waals surface area (Å²) in [5, 5.41) is 0. The molecule has 2 aliphatic heterocycles. The van der Waals surface area contributed by atoms with Crippen molar-refractivity contribution in [2.75, 3.05) is 26.4 Å². The Morgan fingerprint density at radius 2 is 0.851 bits per heavy atom. The third-order valence-electron chi connectivity index (χ3n) is 6.28. The molecule has 16 nitrogen and oxygen atoms in total. The predicted molar refractivity (Wildman–Crippen MR) is 158 cm³/mol. The molecule has 17 heteroatoms. The van der Waals surface area contributed by atoms with E-state index in [9.17, 15) is 28.8 Å². The Hall–Kier alpha value is -3.87. The van der Waals surface area contributed by atoms with Crippen molar-refractivity contribution in [2.45, 2.75) is 101 Å². The second-order valence-electron chi connectivity index (χ2n) is 10.1. The van der Waals surface area contributed by atoms with E-state index in [1.54, 1.807) is 0 Å². The van der Waals surface area contributed by atoms with E-state index in [2.05, 4.69) is 11.8 Å². The Morgan fingerprint density at radius 3 is 1.13 bits per heavy atom. The van der Waals surface area contributed by atoms with E-state index >= 15 is 0 Å². The molecule has 260 valence electrons. The fourth-order valence-electron chi connectivity index (χ4n) is 4.75. The van der Waals surface area contributed by atoms with Crippen molar-refractivity contribution >= 4 is 47.6 Å². The number of carbonyl (C=O) groups is 6. The van der Waals surface area contributed by atoms with Gasteiger partial charge in [-0.3, -0.25) is 28.8 Å². The molecule has 2 rings (SSSR count). The summed E-state index contributed by atoms with van der Waals surface area (Å²) >= 11 is 0.810. The van der Waals surface area contributed by atoms with Crippen LogP contribution in [0.25, 0.3) is 0 Å². The minimum Gasteiger partial charge on any atom is -0.463 e. The van der Waals surface area contributed by atoms with Crippen LogP contribution in [-0.2, 0) is 76.1 Å². The standard InChI is InChI=1S/C30H38O16S/c1-9-11-37-25-23(41-17(5)33)21(13-39-15(3)31)45-29(27(25)43-19(7)35)47-30-28(44-20(8)36)26(38-12-10-2)24(42-18(6)34)22(46-30)14-40-16(4)32/h1-2,21-30H,11-14H2,3-8H3. The van der Waals surface area contributed by atoms with Crippen LogP contribution in [-0.4, -0.2) is 122 Å². The number of carbonyl (C=O) groups excluding carboxylic acids is 6. The molecule has 0 aromatic heterocycles. The van der Waals surface area contributed by atoms with E-state index in [1.807, 2.05) is 0 Å². The summed E-state index contributed by atoms with van der Waals surface area (Å²) in [6, 6.07) is 0. The Labute approximate surface area is 276 Å². The summed E-state index contributed by atoms with van der Waals surface area (Å²) < 4.78 is 56.5. The zero-order valence-electron chi connectivity index (χ0n) is 26.7.